The summed E-state index contributed by atoms with van der Waals surface area (Å²) in [5.41, 5.74) is 7.28. The Labute approximate surface area is 110 Å². The van der Waals surface area contributed by atoms with E-state index in [1.807, 2.05) is 30.3 Å². The molecule has 2 nitrogen and oxygen atoms in total. The van der Waals surface area contributed by atoms with E-state index in [-0.39, 0.29) is 5.82 Å². The first kappa shape index (κ1) is 12.9. The van der Waals surface area contributed by atoms with Crippen LogP contribution in [0.5, 0.6) is 0 Å². The van der Waals surface area contributed by atoms with Crippen LogP contribution in [0.3, 0.4) is 0 Å². The highest BCUT2D eigenvalue weighted by Gasteiger charge is 2.01. The molecule has 18 heavy (non-hydrogen) atoms. The number of hydrogen-bond acceptors (Lipinski definition) is 3. The van der Waals surface area contributed by atoms with Gasteiger partial charge in [0.25, 0.3) is 0 Å². The molecule has 0 amide bonds. The van der Waals surface area contributed by atoms with Crippen molar-refractivity contribution in [1.29, 1.82) is 0 Å². The number of ether oxygens (including phenoxy) is 1. The predicted molar refractivity (Wildman–Crippen MR) is 72.8 cm³/mol. The summed E-state index contributed by atoms with van der Waals surface area (Å²) in [4.78, 5) is 0.837. The van der Waals surface area contributed by atoms with Crippen molar-refractivity contribution in [2.75, 3.05) is 11.7 Å². The number of halogens is 1. The van der Waals surface area contributed by atoms with Crippen molar-refractivity contribution in [3.8, 4) is 0 Å². The average molecular weight is 263 g/mol. The first-order chi connectivity index (χ1) is 8.75. The smallest absolute Gasteiger partial charge is 0.125 e. The van der Waals surface area contributed by atoms with Crippen LogP contribution in [-0.4, -0.2) is 5.94 Å². The zero-order chi connectivity index (χ0) is 12.8. The van der Waals surface area contributed by atoms with Gasteiger partial charge in [0, 0.05) is 10.6 Å². The highest BCUT2D eigenvalue weighted by molar-refractivity contribution is 7.99. The molecular formula is C14H14FNOS. The molecule has 0 radical (unpaired) electrons. The quantitative estimate of drug-likeness (QED) is 0.387. The van der Waals surface area contributed by atoms with E-state index in [0.29, 0.717) is 18.2 Å². The average Bonchev–Trinajstić information content (AvgIpc) is 2.38. The van der Waals surface area contributed by atoms with Crippen molar-refractivity contribution >= 4 is 17.4 Å². The molecule has 2 aromatic rings. The Morgan fingerprint density at radius 3 is 2.61 bits per heavy atom. The molecule has 2 N–H and O–H groups in total. The van der Waals surface area contributed by atoms with Crippen LogP contribution in [0.25, 0.3) is 0 Å². The van der Waals surface area contributed by atoms with E-state index in [9.17, 15) is 4.39 Å². The number of hydrogen-bond donors (Lipinski definition) is 1. The van der Waals surface area contributed by atoms with Crippen molar-refractivity contribution in [2.24, 2.45) is 0 Å². The van der Waals surface area contributed by atoms with E-state index >= 15 is 0 Å². The van der Waals surface area contributed by atoms with Gasteiger partial charge in [-0.3, -0.25) is 0 Å². The van der Waals surface area contributed by atoms with Crippen LogP contribution in [0.4, 0.5) is 10.1 Å². The summed E-state index contributed by atoms with van der Waals surface area (Å²) in [6, 6.07) is 14.3. The van der Waals surface area contributed by atoms with Crippen molar-refractivity contribution in [1.82, 2.24) is 0 Å². The molecule has 0 fully saturated rings. The topological polar surface area (TPSA) is 35.2 Å². The number of thioether (sulfide) groups is 1. The van der Waals surface area contributed by atoms with Gasteiger partial charge in [-0.05, 0) is 23.8 Å². The molecule has 0 aliphatic heterocycles. The maximum atomic E-state index is 12.8. The third-order valence-electron chi connectivity index (χ3n) is 2.38. The maximum Gasteiger partial charge on any atom is 0.125 e. The highest BCUT2D eigenvalue weighted by atomic mass is 32.2. The molecule has 4 heteroatoms. The van der Waals surface area contributed by atoms with Crippen LogP contribution in [0, 0.1) is 5.82 Å². The Morgan fingerprint density at radius 2 is 1.89 bits per heavy atom. The van der Waals surface area contributed by atoms with Gasteiger partial charge in [0.15, 0.2) is 0 Å². The van der Waals surface area contributed by atoms with Crippen molar-refractivity contribution < 1.29 is 9.13 Å². The molecule has 94 valence electrons. The van der Waals surface area contributed by atoms with Crippen LogP contribution in [0.2, 0.25) is 0 Å². The molecule has 0 unspecified atom stereocenters. The molecule has 0 aliphatic rings. The summed E-state index contributed by atoms with van der Waals surface area (Å²) in [5.74, 6) is 0.173. The summed E-state index contributed by atoms with van der Waals surface area (Å²) in [5, 5.41) is 0. The van der Waals surface area contributed by atoms with E-state index < -0.39 is 0 Å². The number of rotatable bonds is 5. The van der Waals surface area contributed by atoms with Crippen LogP contribution < -0.4 is 5.73 Å². The van der Waals surface area contributed by atoms with Gasteiger partial charge in [-0.2, -0.15) is 0 Å². The van der Waals surface area contributed by atoms with Gasteiger partial charge in [0.1, 0.15) is 5.82 Å². The van der Waals surface area contributed by atoms with E-state index in [1.165, 1.54) is 23.9 Å². The second-order valence-electron chi connectivity index (χ2n) is 3.78. The summed E-state index contributed by atoms with van der Waals surface area (Å²) in [6.45, 7) is 0.564. The van der Waals surface area contributed by atoms with E-state index in [4.69, 9.17) is 10.5 Å². The van der Waals surface area contributed by atoms with E-state index in [2.05, 4.69) is 0 Å². The monoisotopic (exact) mass is 263 g/mol. The van der Waals surface area contributed by atoms with Crippen LogP contribution >= 0.6 is 11.8 Å². The van der Waals surface area contributed by atoms with Gasteiger partial charge in [0.05, 0.1) is 12.5 Å². The van der Waals surface area contributed by atoms with Gasteiger partial charge in [-0.25, -0.2) is 4.39 Å². The summed E-state index contributed by atoms with van der Waals surface area (Å²) in [7, 11) is 0. The number of nitrogens with two attached hydrogens (primary N) is 1. The molecule has 0 saturated carbocycles. The summed E-state index contributed by atoms with van der Waals surface area (Å²) < 4.78 is 18.4. The van der Waals surface area contributed by atoms with Gasteiger partial charge in [-0.1, -0.05) is 42.1 Å². The normalized spacial score (nSPS) is 10.5. The molecule has 0 spiro atoms. The molecule has 2 rings (SSSR count). The second kappa shape index (κ2) is 6.42. The van der Waals surface area contributed by atoms with Gasteiger partial charge in [-0.15, -0.1) is 0 Å². The third-order valence-corrected chi connectivity index (χ3v) is 3.35. The minimum absolute atomic E-state index is 0.318. The van der Waals surface area contributed by atoms with Crippen molar-refractivity contribution in [2.45, 2.75) is 11.5 Å². The molecule has 0 saturated heterocycles. The fourth-order valence-corrected chi connectivity index (χ4v) is 2.17. The van der Waals surface area contributed by atoms with Gasteiger partial charge >= 0.3 is 0 Å². The predicted octanol–water partition coefficient (Wildman–Crippen LogP) is 3.67. The Kier molecular flexibility index (Phi) is 4.61. The molecule has 0 aliphatic carbocycles. The Hall–Kier alpha value is -1.52. The first-order valence-corrected chi connectivity index (χ1v) is 6.54. The SMILES string of the molecule is Nc1cc(F)ccc1SCOCc1ccccc1. The van der Waals surface area contributed by atoms with Gasteiger partial charge in [0.2, 0.25) is 0 Å². The summed E-state index contributed by atoms with van der Waals surface area (Å²) >= 11 is 1.46. The number of anilines is 1. The number of benzene rings is 2. The molecule has 2 aromatic carbocycles. The zero-order valence-electron chi connectivity index (χ0n) is 9.80. The van der Waals surface area contributed by atoms with E-state index in [0.717, 1.165) is 10.5 Å². The Morgan fingerprint density at radius 1 is 1.11 bits per heavy atom. The molecular weight excluding hydrogens is 249 g/mol. The Bertz CT molecular complexity index is 504. The van der Waals surface area contributed by atoms with E-state index in [1.54, 1.807) is 6.07 Å². The van der Waals surface area contributed by atoms with Crippen LogP contribution in [0.15, 0.2) is 53.4 Å². The fourth-order valence-electron chi connectivity index (χ4n) is 1.49. The molecule has 0 bridgehead atoms. The minimum Gasteiger partial charge on any atom is -0.398 e. The third kappa shape index (κ3) is 3.75. The minimum atomic E-state index is -0.318. The highest BCUT2D eigenvalue weighted by Crippen LogP contribution is 2.25. The zero-order valence-corrected chi connectivity index (χ0v) is 10.6. The maximum absolute atomic E-state index is 12.8. The lowest BCUT2D eigenvalue weighted by molar-refractivity contribution is 0.169. The fraction of sp³-hybridized carbons (Fsp3) is 0.143. The lowest BCUT2D eigenvalue weighted by atomic mass is 10.2. The molecule has 0 atom stereocenters. The summed E-state index contributed by atoms with van der Waals surface area (Å²) in [6.07, 6.45) is 0. The lowest BCUT2D eigenvalue weighted by Crippen LogP contribution is -1.94. The Balaban J connectivity index is 1.79. The van der Waals surface area contributed by atoms with Crippen molar-refractivity contribution in [3.05, 3.63) is 59.9 Å². The van der Waals surface area contributed by atoms with Crippen LogP contribution in [-0.2, 0) is 11.3 Å². The second-order valence-corrected chi connectivity index (χ2v) is 4.74. The van der Waals surface area contributed by atoms with Crippen LogP contribution in [0.1, 0.15) is 5.56 Å². The standard InChI is InChI=1S/C14H14FNOS/c15-12-6-7-14(13(16)8-12)18-10-17-9-11-4-2-1-3-5-11/h1-8H,9-10,16H2. The lowest BCUT2D eigenvalue weighted by Gasteiger charge is -2.06. The molecule has 0 heterocycles. The van der Waals surface area contributed by atoms with Crippen molar-refractivity contribution in [3.63, 3.8) is 0 Å². The largest absolute Gasteiger partial charge is 0.398 e. The molecule has 0 aromatic heterocycles. The number of nitrogen functional groups attached to an aromatic ring is 1. The van der Waals surface area contributed by atoms with Gasteiger partial charge < -0.3 is 10.5 Å². The first-order valence-electron chi connectivity index (χ1n) is 5.55.